The number of hydrogen-bond acceptors (Lipinski definition) is 4. The van der Waals surface area contributed by atoms with E-state index in [9.17, 15) is 14.4 Å². The second-order valence-corrected chi connectivity index (χ2v) is 8.44. The van der Waals surface area contributed by atoms with Crippen LogP contribution in [0.2, 0.25) is 0 Å². The molecule has 3 rings (SSSR count). The Balaban J connectivity index is 1.42. The van der Waals surface area contributed by atoms with E-state index in [4.69, 9.17) is 0 Å². The fourth-order valence-corrected chi connectivity index (χ4v) is 3.76. The number of nitrogens with one attached hydrogen (secondary N) is 1. The van der Waals surface area contributed by atoms with Crippen molar-refractivity contribution in [2.45, 2.75) is 26.7 Å². The van der Waals surface area contributed by atoms with Crippen LogP contribution < -0.4 is 5.32 Å². The van der Waals surface area contributed by atoms with Gasteiger partial charge in [-0.3, -0.25) is 19.3 Å². The average Bonchev–Trinajstić information content (AvgIpc) is 2.76. The van der Waals surface area contributed by atoms with Crippen molar-refractivity contribution in [3.8, 4) is 0 Å². The summed E-state index contributed by atoms with van der Waals surface area (Å²) >= 11 is 0. The Kier molecular flexibility index (Phi) is 7.58. The quantitative estimate of drug-likeness (QED) is 0.697. The van der Waals surface area contributed by atoms with Gasteiger partial charge in [0.05, 0.1) is 13.1 Å². The van der Waals surface area contributed by atoms with E-state index in [0.717, 1.165) is 35.2 Å². The molecule has 31 heavy (non-hydrogen) atoms. The number of benzene rings is 2. The lowest BCUT2D eigenvalue weighted by molar-refractivity contribution is -0.134. The van der Waals surface area contributed by atoms with Gasteiger partial charge in [0.1, 0.15) is 0 Å². The minimum Gasteiger partial charge on any atom is -0.335 e. The standard InChI is InChI=1S/C25H31N3O3/c1-18-4-8-20(9-5-18)25(31)21-12-14-28(15-13-21)17-24(30)27(3)16-23(29)26-22-10-6-19(2)7-11-22/h4-11,21H,12-17H2,1-3H3,(H,26,29). The Morgan fingerprint density at radius 1 is 0.935 bits per heavy atom. The van der Waals surface area contributed by atoms with Crippen molar-refractivity contribution in [2.75, 3.05) is 38.5 Å². The highest BCUT2D eigenvalue weighted by Crippen LogP contribution is 2.22. The number of rotatable bonds is 7. The van der Waals surface area contributed by atoms with Gasteiger partial charge in [-0.05, 0) is 51.9 Å². The molecular weight excluding hydrogens is 390 g/mol. The summed E-state index contributed by atoms with van der Waals surface area (Å²) in [6.07, 6.45) is 1.50. The van der Waals surface area contributed by atoms with Gasteiger partial charge in [0.2, 0.25) is 11.8 Å². The number of aryl methyl sites for hydroxylation is 2. The smallest absolute Gasteiger partial charge is 0.243 e. The number of piperidine rings is 1. The van der Waals surface area contributed by atoms with E-state index in [1.165, 1.54) is 4.90 Å². The van der Waals surface area contributed by atoms with Crippen LogP contribution in [0.5, 0.6) is 0 Å². The molecule has 0 bridgehead atoms. The first-order chi connectivity index (χ1) is 14.8. The first kappa shape index (κ1) is 22.7. The largest absolute Gasteiger partial charge is 0.335 e. The van der Waals surface area contributed by atoms with Crippen molar-refractivity contribution < 1.29 is 14.4 Å². The molecule has 0 aromatic heterocycles. The zero-order valence-electron chi connectivity index (χ0n) is 18.6. The van der Waals surface area contributed by atoms with Crippen molar-refractivity contribution in [2.24, 2.45) is 5.92 Å². The predicted octanol–water partition coefficient (Wildman–Crippen LogP) is 3.30. The Hall–Kier alpha value is -2.99. The lowest BCUT2D eigenvalue weighted by atomic mass is 9.88. The number of carbonyl (C=O) groups excluding carboxylic acids is 3. The number of likely N-dealkylation sites (tertiary alicyclic amines) is 1. The van der Waals surface area contributed by atoms with Crippen LogP contribution in [0.15, 0.2) is 48.5 Å². The van der Waals surface area contributed by atoms with Crippen molar-refractivity contribution >= 4 is 23.3 Å². The van der Waals surface area contributed by atoms with Crippen molar-refractivity contribution in [3.63, 3.8) is 0 Å². The summed E-state index contributed by atoms with van der Waals surface area (Å²) in [5, 5.41) is 2.81. The molecule has 0 radical (unpaired) electrons. The lowest BCUT2D eigenvalue weighted by Crippen LogP contribution is -2.44. The summed E-state index contributed by atoms with van der Waals surface area (Å²) in [6.45, 7) is 5.68. The Morgan fingerprint density at radius 2 is 1.48 bits per heavy atom. The number of nitrogens with zero attached hydrogens (tertiary/aromatic N) is 2. The molecule has 1 aliphatic rings. The van der Waals surface area contributed by atoms with Crippen LogP contribution in [0, 0.1) is 19.8 Å². The summed E-state index contributed by atoms with van der Waals surface area (Å²) < 4.78 is 0. The number of anilines is 1. The molecule has 0 spiro atoms. The molecule has 1 saturated heterocycles. The number of likely N-dealkylation sites (N-methyl/N-ethyl adjacent to an activating group) is 1. The number of hydrogen-bond donors (Lipinski definition) is 1. The molecule has 0 unspecified atom stereocenters. The summed E-state index contributed by atoms with van der Waals surface area (Å²) in [5.74, 6) is -0.118. The van der Waals surface area contributed by atoms with E-state index in [2.05, 4.69) is 10.2 Å². The van der Waals surface area contributed by atoms with Crippen LogP contribution in [0.3, 0.4) is 0 Å². The van der Waals surface area contributed by atoms with Crippen molar-refractivity contribution in [1.29, 1.82) is 0 Å². The molecule has 0 atom stereocenters. The predicted molar refractivity (Wildman–Crippen MR) is 122 cm³/mol. The fraction of sp³-hybridized carbons (Fsp3) is 0.400. The first-order valence-electron chi connectivity index (χ1n) is 10.8. The summed E-state index contributed by atoms with van der Waals surface area (Å²) in [7, 11) is 1.64. The molecule has 6 nitrogen and oxygen atoms in total. The zero-order valence-corrected chi connectivity index (χ0v) is 18.6. The summed E-state index contributed by atoms with van der Waals surface area (Å²) in [4.78, 5) is 41.0. The van der Waals surface area contributed by atoms with Gasteiger partial charge < -0.3 is 10.2 Å². The highest BCUT2D eigenvalue weighted by Gasteiger charge is 2.27. The van der Waals surface area contributed by atoms with Gasteiger partial charge in [0, 0.05) is 24.2 Å². The normalized spacial score (nSPS) is 14.8. The molecule has 1 heterocycles. The second kappa shape index (κ2) is 10.4. The molecule has 1 N–H and O–H groups in total. The van der Waals surface area contributed by atoms with Gasteiger partial charge in [-0.25, -0.2) is 0 Å². The third-order valence-electron chi connectivity index (χ3n) is 5.80. The first-order valence-corrected chi connectivity index (χ1v) is 10.8. The maximum absolute atomic E-state index is 12.7. The fourth-order valence-electron chi connectivity index (χ4n) is 3.76. The van der Waals surface area contributed by atoms with Crippen LogP contribution in [-0.4, -0.2) is 60.6 Å². The van der Waals surface area contributed by atoms with Crippen molar-refractivity contribution in [3.05, 3.63) is 65.2 Å². The topological polar surface area (TPSA) is 69.7 Å². The zero-order chi connectivity index (χ0) is 22.4. The van der Waals surface area contributed by atoms with E-state index in [1.807, 2.05) is 62.4 Å². The third kappa shape index (κ3) is 6.49. The Bertz CT molecular complexity index is 914. The molecule has 2 aromatic rings. The van der Waals surface area contributed by atoms with Crippen LogP contribution >= 0.6 is 0 Å². The highest BCUT2D eigenvalue weighted by molar-refractivity contribution is 5.98. The molecule has 0 saturated carbocycles. The summed E-state index contributed by atoms with van der Waals surface area (Å²) in [6, 6.07) is 15.3. The van der Waals surface area contributed by atoms with Gasteiger partial charge in [0.15, 0.2) is 5.78 Å². The molecule has 164 valence electrons. The van der Waals surface area contributed by atoms with Crippen molar-refractivity contribution in [1.82, 2.24) is 9.80 Å². The number of carbonyl (C=O) groups is 3. The molecular formula is C25H31N3O3. The number of amides is 2. The molecule has 1 fully saturated rings. The number of Topliss-reactive ketones (excluding diaryl/α,β-unsaturated/α-hetero) is 1. The average molecular weight is 422 g/mol. The van der Waals surface area contributed by atoms with Crippen LogP contribution in [0.25, 0.3) is 0 Å². The molecule has 0 aliphatic carbocycles. The molecule has 1 aliphatic heterocycles. The van der Waals surface area contributed by atoms with Gasteiger partial charge in [0.25, 0.3) is 0 Å². The maximum Gasteiger partial charge on any atom is 0.243 e. The summed E-state index contributed by atoms with van der Waals surface area (Å²) in [5.41, 5.74) is 3.74. The van der Waals surface area contributed by atoms with E-state index in [-0.39, 0.29) is 36.6 Å². The molecule has 2 aromatic carbocycles. The van der Waals surface area contributed by atoms with Gasteiger partial charge >= 0.3 is 0 Å². The van der Waals surface area contributed by atoms with E-state index in [1.54, 1.807) is 7.05 Å². The van der Waals surface area contributed by atoms with E-state index >= 15 is 0 Å². The lowest BCUT2D eigenvalue weighted by Gasteiger charge is -2.31. The monoisotopic (exact) mass is 421 g/mol. The highest BCUT2D eigenvalue weighted by atomic mass is 16.2. The molecule has 2 amide bonds. The molecule has 6 heteroatoms. The number of ketones is 1. The minimum atomic E-state index is -0.220. The maximum atomic E-state index is 12.7. The minimum absolute atomic E-state index is 0.00655. The van der Waals surface area contributed by atoms with Gasteiger partial charge in [-0.2, -0.15) is 0 Å². The SMILES string of the molecule is Cc1ccc(NC(=O)CN(C)C(=O)CN2CCC(C(=O)c3ccc(C)cc3)CC2)cc1. The van der Waals surface area contributed by atoms with Crippen LogP contribution in [0.4, 0.5) is 5.69 Å². The van der Waals surface area contributed by atoms with Crippen LogP contribution in [-0.2, 0) is 9.59 Å². The van der Waals surface area contributed by atoms with Gasteiger partial charge in [-0.1, -0.05) is 47.5 Å². The van der Waals surface area contributed by atoms with Crippen LogP contribution in [0.1, 0.15) is 34.3 Å². The Labute approximate surface area is 184 Å². The van der Waals surface area contributed by atoms with E-state index < -0.39 is 0 Å². The third-order valence-corrected chi connectivity index (χ3v) is 5.80. The Morgan fingerprint density at radius 3 is 2.06 bits per heavy atom. The van der Waals surface area contributed by atoms with Gasteiger partial charge in [-0.15, -0.1) is 0 Å². The van der Waals surface area contributed by atoms with E-state index in [0.29, 0.717) is 13.1 Å². The second-order valence-electron chi connectivity index (χ2n) is 8.44.